The van der Waals surface area contributed by atoms with Crippen molar-refractivity contribution in [1.29, 1.82) is 0 Å². The Morgan fingerprint density at radius 1 is 1.29 bits per heavy atom. The first kappa shape index (κ1) is 20.1. The monoisotopic (exact) mass is 401 g/mol. The van der Waals surface area contributed by atoms with Crippen LogP contribution in [0.4, 0.5) is 0 Å². The van der Waals surface area contributed by atoms with Crippen LogP contribution in [0.1, 0.15) is 37.4 Å². The van der Waals surface area contributed by atoms with Gasteiger partial charge in [0, 0.05) is 24.2 Å². The van der Waals surface area contributed by atoms with Gasteiger partial charge in [-0.05, 0) is 51.3 Å². The lowest BCUT2D eigenvalue weighted by Crippen LogP contribution is -2.44. The first-order valence-electron chi connectivity index (χ1n) is 9.42. The van der Waals surface area contributed by atoms with Crippen molar-refractivity contribution in [3.63, 3.8) is 0 Å². The summed E-state index contributed by atoms with van der Waals surface area (Å²) < 4.78 is 6.73. The van der Waals surface area contributed by atoms with Gasteiger partial charge in [0.05, 0.1) is 11.4 Å². The number of nitrogens with zero attached hydrogens (tertiary/aromatic N) is 3. The zero-order valence-electron chi connectivity index (χ0n) is 16.1. The van der Waals surface area contributed by atoms with Gasteiger partial charge in [-0.15, -0.1) is 0 Å². The Morgan fingerprint density at radius 2 is 2.04 bits per heavy atom. The Balaban J connectivity index is 1.61. The number of carbonyl (C=O) groups is 2. The largest absolute Gasteiger partial charge is 0.452 e. The quantitative estimate of drug-likeness (QED) is 0.564. The third-order valence-corrected chi connectivity index (χ3v) is 5.26. The topological polar surface area (TPSA) is 64.4 Å². The maximum Gasteiger partial charge on any atom is 0.331 e. The highest BCUT2D eigenvalue weighted by Crippen LogP contribution is 2.24. The number of hydrogen-bond donors (Lipinski definition) is 0. The van der Waals surface area contributed by atoms with Gasteiger partial charge in [0.25, 0.3) is 5.91 Å². The molecule has 1 saturated heterocycles. The zero-order valence-corrected chi connectivity index (χ0v) is 16.9. The van der Waals surface area contributed by atoms with Crippen molar-refractivity contribution in [2.24, 2.45) is 0 Å². The molecule has 0 radical (unpaired) electrons. The summed E-state index contributed by atoms with van der Waals surface area (Å²) in [4.78, 5) is 26.1. The third-order valence-electron chi connectivity index (χ3n) is 4.90. The molecule has 0 unspecified atom stereocenters. The molecule has 1 aliphatic rings. The molecular weight excluding hydrogens is 378 g/mol. The summed E-state index contributed by atoms with van der Waals surface area (Å²) >= 11 is 6.43. The van der Waals surface area contributed by atoms with E-state index in [0.717, 1.165) is 31.5 Å². The van der Waals surface area contributed by atoms with Crippen molar-refractivity contribution in [2.75, 3.05) is 13.2 Å². The maximum atomic E-state index is 12.2. The van der Waals surface area contributed by atoms with Crippen molar-refractivity contribution >= 4 is 29.6 Å². The molecule has 0 spiro atoms. The molecule has 1 amide bonds. The second-order valence-corrected chi connectivity index (χ2v) is 7.27. The SMILES string of the molecule is Cc1nn(-c2ccccc2)c(Cl)c1/C=C/C(=O)OCC(=O)N1CCCC[C@@H]1C. The van der Waals surface area contributed by atoms with E-state index in [-0.39, 0.29) is 18.6 Å². The molecule has 0 N–H and O–H groups in total. The Hall–Kier alpha value is -2.60. The van der Waals surface area contributed by atoms with Gasteiger partial charge in [-0.25, -0.2) is 9.48 Å². The van der Waals surface area contributed by atoms with Crippen LogP contribution in [-0.2, 0) is 14.3 Å². The fraction of sp³-hybridized carbons (Fsp3) is 0.381. The minimum Gasteiger partial charge on any atom is -0.452 e. The van der Waals surface area contributed by atoms with Crippen LogP contribution < -0.4 is 0 Å². The second-order valence-electron chi connectivity index (χ2n) is 6.91. The fourth-order valence-electron chi connectivity index (χ4n) is 3.32. The van der Waals surface area contributed by atoms with Crippen LogP contribution in [-0.4, -0.2) is 45.8 Å². The van der Waals surface area contributed by atoms with Crippen molar-refractivity contribution < 1.29 is 14.3 Å². The number of aryl methyl sites for hydroxylation is 1. The molecule has 28 heavy (non-hydrogen) atoms. The Morgan fingerprint density at radius 3 is 2.75 bits per heavy atom. The molecule has 1 aromatic heterocycles. The normalized spacial score (nSPS) is 17.1. The predicted octanol–water partition coefficient (Wildman–Crippen LogP) is 3.79. The average Bonchev–Trinajstić information content (AvgIpc) is 2.99. The van der Waals surface area contributed by atoms with Gasteiger partial charge in [0.2, 0.25) is 0 Å². The molecule has 6 nitrogen and oxygen atoms in total. The standard InChI is InChI=1S/C21H24ClN3O3/c1-15-8-6-7-13-24(15)19(26)14-28-20(27)12-11-18-16(2)23-25(21(18)22)17-9-4-3-5-10-17/h3-5,9-12,15H,6-8,13-14H2,1-2H3/b12-11+/t15-/m0/s1. The summed E-state index contributed by atoms with van der Waals surface area (Å²) in [7, 11) is 0. The number of amides is 1. The van der Waals surface area contributed by atoms with Gasteiger partial charge < -0.3 is 9.64 Å². The van der Waals surface area contributed by atoms with Crippen molar-refractivity contribution in [1.82, 2.24) is 14.7 Å². The molecule has 0 bridgehead atoms. The summed E-state index contributed by atoms with van der Waals surface area (Å²) in [5, 5.41) is 4.83. The average molecular weight is 402 g/mol. The molecule has 7 heteroatoms. The zero-order chi connectivity index (χ0) is 20.1. The Bertz CT molecular complexity index is 877. The number of para-hydroxylation sites is 1. The number of piperidine rings is 1. The molecule has 2 heterocycles. The van der Waals surface area contributed by atoms with E-state index in [9.17, 15) is 9.59 Å². The molecule has 0 aliphatic carbocycles. The van der Waals surface area contributed by atoms with Crippen LogP contribution >= 0.6 is 11.6 Å². The van der Waals surface area contributed by atoms with E-state index in [1.54, 1.807) is 15.7 Å². The van der Waals surface area contributed by atoms with E-state index in [0.29, 0.717) is 16.4 Å². The van der Waals surface area contributed by atoms with Crippen molar-refractivity contribution in [2.45, 2.75) is 39.2 Å². The molecule has 148 valence electrons. The lowest BCUT2D eigenvalue weighted by atomic mass is 10.0. The molecule has 1 aromatic carbocycles. The Kier molecular flexibility index (Phi) is 6.52. The summed E-state index contributed by atoms with van der Waals surface area (Å²) in [5.74, 6) is -0.735. The molecule has 1 fully saturated rings. The Labute approximate surface area is 169 Å². The van der Waals surface area contributed by atoms with E-state index in [1.165, 1.54) is 6.08 Å². The number of aromatic nitrogens is 2. The highest BCUT2D eigenvalue weighted by molar-refractivity contribution is 6.31. The van der Waals surface area contributed by atoms with Gasteiger partial charge in [-0.3, -0.25) is 4.79 Å². The first-order valence-corrected chi connectivity index (χ1v) is 9.80. The number of rotatable bonds is 5. The first-order chi connectivity index (χ1) is 13.5. The minimum absolute atomic E-state index is 0.153. The summed E-state index contributed by atoms with van der Waals surface area (Å²) in [6, 6.07) is 9.70. The van der Waals surface area contributed by atoms with E-state index in [2.05, 4.69) is 5.10 Å². The summed E-state index contributed by atoms with van der Waals surface area (Å²) in [5.41, 5.74) is 2.16. The van der Waals surface area contributed by atoms with Crippen molar-refractivity contribution in [3.8, 4) is 5.69 Å². The number of benzene rings is 1. The van der Waals surface area contributed by atoms with Gasteiger partial charge in [0.1, 0.15) is 5.15 Å². The lowest BCUT2D eigenvalue weighted by Gasteiger charge is -2.33. The third kappa shape index (κ3) is 4.62. The van der Waals surface area contributed by atoms with Gasteiger partial charge in [-0.1, -0.05) is 29.8 Å². The molecule has 2 aromatic rings. The number of ether oxygens (including phenoxy) is 1. The second kappa shape index (κ2) is 9.06. The van der Waals surface area contributed by atoms with Crippen LogP contribution in [0, 0.1) is 6.92 Å². The van der Waals surface area contributed by atoms with Crippen LogP contribution in [0.5, 0.6) is 0 Å². The number of halogens is 1. The van der Waals surface area contributed by atoms with Crippen LogP contribution in [0.3, 0.4) is 0 Å². The van der Waals surface area contributed by atoms with Crippen LogP contribution in [0.15, 0.2) is 36.4 Å². The summed E-state index contributed by atoms with van der Waals surface area (Å²) in [6.45, 7) is 4.32. The van der Waals surface area contributed by atoms with E-state index < -0.39 is 5.97 Å². The number of likely N-dealkylation sites (tertiary alicyclic amines) is 1. The maximum absolute atomic E-state index is 12.2. The minimum atomic E-state index is -0.582. The van der Waals surface area contributed by atoms with Crippen LogP contribution in [0.25, 0.3) is 11.8 Å². The van der Waals surface area contributed by atoms with E-state index in [1.807, 2.05) is 44.2 Å². The predicted molar refractivity (Wildman–Crippen MR) is 108 cm³/mol. The highest BCUT2D eigenvalue weighted by Gasteiger charge is 2.23. The molecular formula is C21H24ClN3O3. The smallest absolute Gasteiger partial charge is 0.331 e. The number of hydrogen-bond acceptors (Lipinski definition) is 4. The van der Waals surface area contributed by atoms with Gasteiger partial charge in [-0.2, -0.15) is 5.10 Å². The molecule has 1 atom stereocenters. The number of carbonyl (C=O) groups excluding carboxylic acids is 2. The molecule has 1 aliphatic heterocycles. The fourth-order valence-corrected chi connectivity index (χ4v) is 3.66. The van der Waals surface area contributed by atoms with Crippen LogP contribution in [0.2, 0.25) is 5.15 Å². The summed E-state index contributed by atoms with van der Waals surface area (Å²) in [6.07, 6.45) is 5.96. The number of esters is 1. The van der Waals surface area contributed by atoms with Gasteiger partial charge >= 0.3 is 5.97 Å². The van der Waals surface area contributed by atoms with Crippen molar-refractivity contribution in [3.05, 3.63) is 52.8 Å². The van der Waals surface area contributed by atoms with E-state index >= 15 is 0 Å². The lowest BCUT2D eigenvalue weighted by molar-refractivity contribution is -0.149. The highest BCUT2D eigenvalue weighted by atomic mass is 35.5. The van der Waals surface area contributed by atoms with Gasteiger partial charge in [0.15, 0.2) is 6.61 Å². The van der Waals surface area contributed by atoms with E-state index in [4.69, 9.17) is 16.3 Å². The molecule has 3 rings (SSSR count). The molecule has 0 saturated carbocycles.